The second-order valence-electron chi connectivity index (χ2n) is 4.73. The SMILES string of the molecule is NC(=O)CN(CC(=O)O)CC1Cc2cc(Br)ccc2O1. The van der Waals surface area contributed by atoms with Gasteiger partial charge in [-0.1, -0.05) is 15.9 Å². The molecular formula is C13H15BrN2O4. The van der Waals surface area contributed by atoms with E-state index < -0.39 is 11.9 Å². The van der Waals surface area contributed by atoms with Crippen molar-refractivity contribution in [1.29, 1.82) is 0 Å². The zero-order valence-electron chi connectivity index (χ0n) is 10.7. The fourth-order valence-electron chi connectivity index (χ4n) is 2.28. The van der Waals surface area contributed by atoms with Gasteiger partial charge < -0.3 is 15.6 Å². The lowest BCUT2D eigenvalue weighted by Crippen LogP contribution is -2.42. The first-order valence-electron chi connectivity index (χ1n) is 6.11. The van der Waals surface area contributed by atoms with Gasteiger partial charge in [-0.05, 0) is 23.8 Å². The molecule has 6 nitrogen and oxygen atoms in total. The van der Waals surface area contributed by atoms with Gasteiger partial charge >= 0.3 is 5.97 Å². The molecule has 108 valence electrons. The molecule has 1 unspecified atom stereocenters. The zero-order valence-corrected chi connectivity index (χ0v) is 12.3. The Bertz CT molecular complexity index is 519. The number of ether oxygens (including phenoxy) is 1. The quantitative estimate of drug-likeness (QED) is 0.790. The molecule has 1 aliphatic heterocycles. The molecule has 7 heteroatoms. The van der Waals surface area contributed by atoms with E-state index in [1.165, 1.54) is 4.90 Å². The summed E-state index contributed by atoms with van der Waals surface area (Å²) in [6, 6.07) is 5.74. The minimum atomic E-state index is -0.996. The van der Waals surface area contributed by atoms with Crippen LogP contribution in [0.15, 0.2) is 22.7 Å². The van der Waals surface area contributed by atoms with E-state index in [9.17, 15) is 9.59 Å². The maximum atomic E-state index is 11.0. The topological polar surface area (TPSA) is 92.9 Å². The number of halogens is 1. The Morgan fingerprint density at radius 2 is 2.20 bits per heavy atom. The van der Waals surface area contributed by atoms with Crippen LogP contribution in [0.3, 0.4) is 0 Å². The Hall–Kier alpha value is -1.60. The number of rotatable bonds is 6. The van der Waals surface area contributed by atoms with Crippen molar-refractivity contribution in [3.8, 4) is 5.75 Å². The number of nitrogens with zero attached hydrogens (tertiary/aromatic N) is 1. The summed E-state index contributed by atoms with van der Waals surface area (Å²) in [5, 5.41) is 8.84. The van der Waals surface area contributed by atoms with E-state index in [1.807, 2.05) is 18.2 Å². The highest BCUT2D eigenvalue weighted by atomic mass is 79.9. The third kappa shape index (κ3) is 3.94. The maximum Gasteiger partial charge on any atom is 0.317 e. The van der Waals surface area contributed by atoms with Gasteiger partial charge in [-0.3, -0.25) is 14.5 Å². The summed E-state index contributed by atoms with van der Waals surface area (Å²) in [7, 11) is 0. The molecular weight excluding hydrogens is 328 g/mol. The highest BCUT2D eigenvalue weighted by Gasteiger charge is 2.26. The Morgan fingerprint density at radius 3 is 2.85 bits per heavy atom. The van der Waals surface area contributed by atoms with Crippen LogP contribution in [-0.4, -0.2) is 47.6 Å². The second-order valence-corrected chi connectivity index (χ2v) is 5.64. The number of carboxylic acid groups (broad SMARTS) is 1. The molecule has 3 N–H and O–H groups in total. The fourth-order valence-corrected chi connectivity index (χ4v) is 2.68. The molecule has 0 saturated heterocycles. The summed E-state index contributed by atoms with van der Waals surface area (Å²) in [6.07, 6.45) is 0.516. The minimum absolute atomic E-state index is 0.0911. The number of hydrogen-bond donors (Lipinski definition) is 2. The number of amides is 1. The van der Waals surface area contributed by atoms with Crippen molar-refractivity contribution in [2.24, 2.45) is 5.73 Å². The Labute approximate surface area is 124 Å². The molecule has 1 atom stereocenters. The molecule has 0 fully saturated rings. The van der Waals surface area contributed by atoms with E-state index in [1.54, 1.807) is 0 Å². The van der Waals surface area contributed by atoms with Gasteiger partial charge in [0.05, 0.1) is 13.1 Å². The summed E-state index contributed by atoms with van der Waals surface area (Å²) in [4.78, 5) is 23.2. The first kappa shape index (κ1) is 14.8. The van der Waals surface area contributed by atoms with Crippen LogP contribution in [0.5, 0.6) is 5.75 Å². The third-order valence-electron chi connectivity index (χ3n) is 2.96. The first-order chi connectivity index (χ1) is 9.44. The Morgan fingerprint density at radius 1 is 1.45 bits per heavy atom. The molecule has 20 heavy (non-hydrogen) atoms. The molecule has 2 rings (SSSR count). The van der Waals surface area contributed by atoms with E-state index in [0.29, 0.717) is 13.0 Å². The number of hydrogen-bond acceptors (Lipinski definition) is 4. The predicted molar refractivity (Wildman–Crippen MR) is 75.5 cm³/mol. The van der Waals surface area contributed by atoms with Crippen LogP contribution in [-0.2, 0) is 16.0 Å². The van der Waals surface area contributed by atoms with Crippen molar-refractivity contribution in [3.63, 3.8) is 0 Å². The zero-order chi connectivity index (χ0) is 14.7. The number of carboxylic acids is 1. The van der Waals surface area contributed by atoms with E-state index in [-0.39, 0.29) is 19.2 Å². The normalized spacial score (nSPS) is 16.8. The molecule has 1 aromatic rings. The number of primary amides is 1. The summed E-state index contributed by atoms with van der Waals surface area (Å²) >= 11 is 3.40. The number of aliphatic carboxylic acids is 1. The van der Waals surface area contributed by atoms with Crippen molar-refractivity contribution < 1.29 is 19.4 Å². The maximum absolute atomic E-state index is 11.0. The van der Waals surface area contributed by atoms with E-state index in [4.69, 9.17) is 15.6 Å². The molecule has 0 bridgehead atoms. The van der Waals surface area contributed by atoms with Crippen molar-refractivity contribution in [2.45, 2.75) is 12.5 Å². The van der Waals surface area contributed by atoms with Crippen molar-refractivity contribution in [2.75, 3.05) is 19.6 Å². The van der Waals surface area contributed by atoms with Crippen LogP contribution >= 0.6 is 15.9 Å². The number of nitrogens with two attached hydrogens (primary N) is 1. The van der Waals surface area contributed by atoms with Crippen LogP contribution in [0, 0.1) is 0 Å². The van der Waals surface area contributed by atoms with Gasteiger partial charge in [0.25, 0.3) is 0 Å². The lowest BCUT2D eigenvalue weighted by molar-refractivity contribution is -0.138. The summed E-state index contributed by atoms with van der Waals surface area (Å²) in [6.45, 7) is 0.0244. The standard InChI is InChI=1S/C13H15BrN2O4/c14-9-1-2-11-8(3-9)4-10(20-11)5-16(6-12(15)17)7-13(18)19/h1-3,10H,4-7H2,(H2,15,17)(H,18,19). The van der Waals surface area contributed by atoms with E-state index in [0.717, 1.165) is 15.8 Å². The summed E-state index contributed by atoms with van der Waals surface area (Å²) in [5.74, 6) is -0.749. The molecule has 1 amide bonds. The van der Waals surface area contributed by atoms with Gasteiger partial charge in [-0.25, -0.2) is 0 Å². The van der Waals surface area contributed by atoms with Crippen molar-refractivity contribution >= 4 is 27.8 Å². The fraction of sp³-hybridized carbons (Fsp3) is 0.385. The van der Waals surface area contributed by atoms with Gasteiger partial charge in [0.2, 0.25) is 5.91 Å². The lowest BCUT2D eigenvalue weighted by Gasteiger charge is -2.22. The first-order valence-corrected chi connectivity index (χ1v) is 6.91. The van der Waals surface area contributed by atoms with E-state index in [2.05, 4.69) is 15.9 Å². The Kier molecular flexibility index (Phi) is 4.61. The number of fused-ring (bicyclic) bond motifs is 1. The van der Waals surface area contributed by atoms with Crippen LogP contribution in [0.25, 0.3) is 0 Å². The minimum Gasteiger partial charge on any atom is -0.488 e. The largest absolute Gasteiger partial charge is 0.488 e. The van der Waals surface area contributed by atoms with Gasteiger partial charge in [0.1, 0.15) is 11.9 Å². The number of carbonyl (C=O) groups excluding carboxylic acids is 1. The average molecular weight is 343 g/mol. The number of benzene rings is 1. The average Bonchev–Trinajstić information content (AvgIpc) is 2.68. The second kappa shape index (κ2) is 6.23. The monoisotopic (exact) mass is 342 g/mol. The highest BCUT2D eigenvalue weighted by Crippen LogP contribution is 2.31. The molecule has 0 spiro atoms. The molecule has 0 saturated carbocycles. The van der Waals surface area contributed by atoms with Crippen LogP contribution in [0.2, 0.25) is 0 Å². The lowest BCUT2D eigenvalue weighted by atomic mass is 10.1. The highest BCUT2D eigenvalue weighted by molar-refractivity contribution is 9.10. The van der Waals surface area contributed by atoms with Gasteiger partial charge in [-0.15, -0.1) is 0 Å². The van der Waals surface area contributed by atoms with E-state index >= 15 is 0 Å². The third-order valence-corrected chi connectivity index (χ3v) is 3.46. The summed E-state index contributed by atoms with van der Waals surface area (Å²) < 4.78 is 6.72. The molecule has 1 aromatic carbocycles. The van der Waals surface area contributed by atoms with Crippen LogP contribution in [0.4, 0.5) is 0 Å². The smallest absolute Gasteiger partial charge is 0.317 e. The van der Waals surface area contributed by atoms with Gasteiger partial charge in [0, 0.05) is 17.4 Å². The van der Waals surface area contributed by atoms with Crippen LogP contribution in [0.1, 0.15) is 5.56 Å². The van der Waals surface area contributed by atoms with Crippen molar-refractivity contribution in [3.05, 3.63) is 28.2 Å². The molecule has 0 radical (unpaired) electrons. The molecule has 1 heterocycles. The van der Waals surface area contributed by atoms with Gasteiger partial charge in [-0.2, -0.15) is 0 Å². The van der Waals surface area contributed by atoms with Crippen molar-refractivity contribution in [1.82, 2.24) is 4.90 Å². The molecule has 0 aliphatic carbocycles. The Balaban J connectivity index is 1.99. The summed E-state index contributed by atoms with van der Waals surface area (Å²) in [5.41, 5.74) is 6.20. The van der Waals surface area contributed by atoms with Crippen LogP contribution < -0.4 is 10.5 Å². The predicted octanol–water partition coefficient (Wildman–Crippen LogP) is 0.625. The molecule has 1 aliphatic rings. The number of carbonyl (C=O) groups is 2. The molecule has 0 aromatic heterocycles. The van der Waals surface area contributed by atoms with Gasteiger partial charge in [0.15, 0.2) is 0 Å².